The predicted molar refractivity (Wildman–Crippen MR) is 145 cm³/mol. The van der Waals surface area contributed by atoms with Crippen molar-refractivity contribution in [3.63, 3.8) is 0 Å². The van der Waals surface area contributed by atoms with Crippen LogP contribution in [0.25, 0.3) is 10.9 Å². The fourth-order valence-electron chi connectivity index (χ4n) is 4.98. The molecule has 0 aliphatic carbocycles. The fourth-order valence-corrected chi connectivity index (χ4v) is 5.15. The summed E-state index contributed by atoms with van der Waals surface area (Å²) in [6.45, 7) is 3.64. The maximum absolute atomic E-state index is 12.8. The number of carbonyl (C=O) groups is 2. The van der Waals surface area contributed by atoms with Gasteiger partial charge < -0.3 is 25.3 Å². The summed E-state index contributed by atoms with van der Waals surface area (Å²) in [7, 11) is 3.49. The van der Waals surface area contributed by atoms with Crippen LogP contribution < -0.4 is 15.8 Å². The molecule has 1 aliphatic heterocycles. The molecule has 0 radical (unpaired) electrons. The van der Waals surface area contributed by atoms with Crippen molar-refractivity contribution in [3.05, 3.63) is 58.7 Å². The number of ketones is 1. The SMILES string of the molecule is COc1cc(N)c(Cl)cc1C(=O)NCC1CCN(CCCCC(=O)c2cn(C)c3ccccc23)CC1. The van der Waals surface area contributed by atoms with Gasteiger partial charge in [0.25, 0.3) is 5.91 Å². The summed E-state index contributed by atoms with van der Waals surface area (Å²) in [5.41, 5.74) is 8.51. The van der Waals surface area contributed by atoms with E-state index < -0.39 is 0 Å². The first-order valence-corrected chi connectivity index (χ1v) is 13.0. The molecule has 0 atom stereocenters. The molecule has 3 N–H and O–H groups in total. The molecular weight excluding hydrogens is 476 g/mol. The monoisotopic (exact) mass is 510 g/mol. The predicted octanol–water partition coefficient (Wildman–Crippen LogP) is 4.92. The number of ether oxygens (including phenoxy) is 1. The number of unbranched alkanes of at least 4 members (excludes halogenated alkanes) is 1. The van der Waals surface area contributed by atoms with Gasteiger partial charge in [0.05, 0.1) is 23.4 Å². The van der Waals surface area contributed by atoms with Crippen LogP contribution in [0.5, 0.6) is 5.75 Å². The second kappa shape index (κ2) is 11.8. The summed E-state index contributed by atoms with van der Waals surface area (Å²) in [5.74, 6) is 0.879. The zero-order valence-electron chi connectivity index (χ0n) is 21.1. The minimum absolute atomic E-state index is 0.202. The normalized spacial score (nSPS) is 14.8. The number of nitrogens with zero attached hydrogens (tertiary/aromatic N) is 2. The number of methoxy groups -OCH3 is 1. The van der Waals surface area contributed by atoms with Crippen molar-refractivity contribution in [2.24, 2.45) is 13.0 Å². The number of benzene rings is 2. The van der Waals surface area contributed by atoms with Gasteiger partial charge in [0.2, 0.25) is 0 Å². The average Bonchev–Trinajstić information content (AvgIpc) is 3.23. The summed E-state index contributed by atoms with van der Waals surface area (Å²) in [4.78, 5) is 27.9. The van der Waals surface area contributed by atoms with Crippen LogP contribution in [0.1, 0.15) is 52.8 Å². The highest BCUT2D eigenvalue weighted by Crippen LogP contribution is 2.29. The number of nitrogen functional groups attached to an aromatic ring is 1. The number of likely N-dealkylation sites (tertiary alicyclic amines) is 1. The largest absolute Gasteiger partial charge is 0.496 e. The number of carbonyl (C=O) groups excluding carboxylic acids is 2. The molecule has 1 amide bonds. The van der Waals surface area contributed by atoms with Crippen molar-refractivity contribution in [3.8, 4) is 5.75 Å². The van der Waals surface area contributed by atoms with Crippen LogP contribution in [0.15, 0.2) is 42.6 Å². The van der Waals surface area contributed by atoms with Crippen LogP contribution in [0.3, 0.4) is 0 Å². The van der Waals surface area contributed by atoms with Gasteiger partial charge in [0.1, 0.15) is 5.75 Å². The zero-order chi connectivity index (χ0) is 25.7. The van der Waals surface area contributed by atoms with Crippen LogP contribution in [0.4, 0.5) is 5.69 Å². The molecule has 192 valence electrons. The molecule has 3 aromatic rings. The lowest BCUT2D eigenvalue weighted by Gasteiger charge is -2.32. The molecule has 0 saturated carbocycles. The standard InChI is InChI=1S/C28H35ClN4O3/c1-32-18-22(20-7-3-4-8-25(20)32)26(34)9-5-6-12-33-13-10-19(11-14-33)17-31-28(35)21-15-23(29)24(30)16-27(21)36-2/h3-4,7-8,15-16,18-19H,5-6,9-14,17,30H2,1-2H3,(H,31,35). The second-order valence-electron chi connectivity index (χ2n) is 9.62. The molecule has 0 unspecified atom stereocenters. The maximum Gasteiger partial charge on any atom is 0.255 e. The van der Waals surface area contributed by atoms with Gasteiger partial charge in [-0.25, -0.2) is 0 Å². The van der Waals surface area contributed by atoms with Crippen LogP contribution in [-0.4, -0.2) is 54.4 Å². The Bertz CT molecular complexity index is 1230. The topological polar surface area (TPSA) is 89.6 Å². The van der Waals surface area contributed by atoms with Crippen molar-refractivity contribution in [2.75, 3.05) is 39.0 Å². The van der Waals surface area contributed by atoms with Crippen molar-refractivity contribution in [1.82, 2.24) is 14.8 Å². The summed E-state index contributed by atoms with van der Waals surface area (Å²) < 4.78 is 7.31. The fraction of sp³-hybridized carbons (Fsp3) is 0.429. The van der Waals surface area contributed by atoms with Gasteiger partial charge in [0, 0.05) is 48.7 Å². The van der Waals surface area contributed by atoms with Crippen LogP contribution >= 0.6 is 11.6 Å². The number of piperidine rings is 1. The van der Waals surface area contributed by atoms with E-state index in [4.69, 9.17) is 22.1 Å². The third kappa shape index (κ3) is 6.02. The van der Waals surface area contributed by atoms with Gasteiger partial charge >= 0.3 is 0 Å². The molecule has 1 fully saturated rings. The number of rotatable bonds is 10. The number of Topliss-reactive ketones (excluding diaryl/α,β-unsaturated/α-hetero) is 1. The lowest BCUT2D eigenvalue weighted by molar-refractivity contribution is 0.0929. The Balaban J connectivity index is 1.16. The molecule has 8 heteroatoms. The van der Waals surface area contributed by atoms with E-state index in [1.54, 1.807) is 12.1 Å². The molecule has 0 spiro atoms. The number of hydrogen-bond acceptors (Lipinski definition) is 5. The number of nitrogens with two attached hydrogens (primary N) is 1. The number of para-hydroxylation sites is 1. The number of halogens is 1. The van der Waals surface area contributed by atoms with E-state index in [2.05, 4.69) is 10.2 Å². The molecule has 1 aliphatic rings. The van der Waals surface area contributed by atoms with E-state index in [0.29, 0.717) is 40.9 Å². The van der Waals surface area contributed by atoms with Crippen molar-refractivity contribution < 1.29 is 14.3 Å². The Hall–Kier alpha value is -3.03. The smallest absolute Gasteiger partial charge is 0.255 e. The highest BCUT2D eigenvalue weighted by molar-refractivity contribution is 6.33. The second-order valence-corrected chi connectivity index (χ2v) is 10.0. The van der Waals surface area contributed by atoms with Gasteiger partial charge in [-0.05, 0) is 63.4 Å². The maximum atomic E-state index is 12.8. The Morgan fingerprint density at radius 3 is 2.64 bits per heavy atom. The molecule has 4 rings (SSSR count). The number of hydrogen-bond donors (Lipinski definition) is 2. The summed E-state index contributed by atoms with van der Waals surface area (Å²) in [5, 5.41) is 4.40. The first-order valence-electron chi connectivity index (χ1n) is 12.6. The minimum Gasteiger partial charge on any atom is -0.496 e. The Kier molecular flexibility index (Phi) is 8.54. The Labute approximate surface area is 217 Å². The van der Waals surface area contributed by atoms with Gasteiger partial charge in [-0.2, -0.15) is 0 Å². The molecule has 36 heavy (non-hydrogen) atoms. The van der Waals surface area contributed by atoms with E-state index in [1.165, 1.54) is 7.11 Å². The number of amides is 1. The molecule has 7 nitrogen and oxygen atoms in total. The van der Waals surface area contributed by atoms with E-state index in [0.717, 1.165) is 61.8 Å². The molecular formula is C28H35ClN4O3. The first kappa shape index (κ1) is 26.0. The quantitative estimate of drug-likeness (QED) is 0.229. The summed E-state index contributed by atoms with van der Waals surface area (Å²) >= 11 is 6.09. The minimum atomic E-state index is -0.202. The molecule has 2 heterocycles. The molecule has 0 bridgehead atoms. The number of anilines is 1. The lowest BCUT2D eigenvalue weighted by atomic mass is 9.96. The molecule has 2 aromatic carbocycles. The summed E-state index contributed by atoms with van der Waals surface area (Å²) in [6.07, 6.45) is 6.51. The van der Waals surface area contributed by atoms with Gasteiger partial charge in [-0.15, -0.1) is 0 Å². The molecule has 1 saturated heterocycles. The Morgan fingerprint density at radius 1 is 1.14 bits per heavy atom. The summed E-state index contributed by atoms with van der Waals surface area (Å²) in [6, 6.07) is 11.2. The molecule has 1 aromatic heterocycles. The van der Waals surface area contributed by atoms with Crippen molar-refractivity contribution in [2.45, 2.75) is 32.1 Å². The van der Waals surface area contributed by atoms with E-state index >= 15 is 0 Å². The number of nitrogens with one attached hydrogen (secondary N) is 1. The van der Waals surface area contributed by atoms with Crippen molar-refractivity contribution in [1.29, 1.82) is 0 Å². The van der Waals surface area contributed by atoms with Crippen LogP contribution in [-0.2, 0) is 7.05 Å². The van der Waals surface area contributed by atoms with E-state index in [-0.39, 0.29) is 11.7 Å². The lowest BCUT2D eigenvalue weighted by Crippen LogP contribution is -2.39. The van der Waals surface area contributed by atoms with Gasteiger partial charge in [-0.3, -0.25) is 9.59 Å². The van der Waals surface area contributed by atoms with Crippen molar-refractivity contribution >= 4 is 39.9 Å². The highest BCUT2D eigenvalue weighted by atomic mass is 35.5. The van der Waals surface area contributed by atoms with Crippen LogP contribution in [0, 0.1) is 5.92 Å². The van der Waals surface area contributed by atoms with E-state index in [9.17, 15) is 9.59 Å². The number of aromatic nitrogens is 1. The third-order valence-electron chi connectivity index (χ3n) is 7.15. The first-order chi connectivity index (χ1) is 17.4. The highest BCUT2D eigenvalue weighted by Gasteiger charge is 2.21. The third-order valence-corrected chi connectivity index (χ3v) is 7.47. The Morgan fingerprint density at radius 2 is 1.89 bits per heavy atom. The number of fused-ring (bicyclic) bond motifs is 1. The number of aryl methyl sites for hydroxylation is 1. The van der Waals surface area contributed by atoms with Gasteiger partial charge in [0.15, 0.2) is 5.78 Å². The van der Waals surface area contributed by atoms with Crippen LogP contribution in [0.2, 0.25) is 5.02 Å². The van der Waals surface area contributed by atoms with Gasteiger partial charge in [-0.1, -0.05) is 29.8 Å². The van der Waals surface area contributed by atoms with E-state index in [1.807, 2.05) is 42.1 Å². The zero-order valence-corrected chi connectivity index (χ0v) is 21.8. The average molecular weight is 511 g/mol.